The highest BCUT2D eigenvalue weighted by atomic mass is 16.2. The number of fused-ring (bicyclic) bond motifs is 1. The van der Waals surface area contributed by atoms with Crippen molar-refractivity contribution in [2.75, 3.05) is 20.1 Å². The van der Waals surface area contributed by atoms with Gasteiger partial charge in [0.1, 0.15) is 0 Å². The highest BCUT2D eigenvalue weighted by Gasteiger charge is 2.19. The number of carbonyl (C=O) groups is 1. The molecule has 1 heterocycles. The van der Waals surface area contributed by atoms with E-state index < -0.39 is 0 Å². The van der Waals surface area contributed by atoms with Gasteiger partial charge >= 0.3 is 0 Å². The van der Waals surface area contributed by atoms with Crippen molar-refractivity contribution < 1.29 is 4.79 Å². The molecule has 0 saturated heterocycles. The summed E-state index contributed by atoms with van der Waals surface area (Å²) in [6.45, 7) is 4.76. The number of hydrogen-bond donors (Lipinski definition) is 1. The number of hydrogen-bond acceptors (Lipinski definition) is 2. The van der Waals surface area contributed by atoms with E-state index in [1.807, 2.05) is 24.1 Å². The van der Waals surface area contributed by atoms with Gasteiger partial charge in [-0.2, -0.15) is 0 Å². The Bertz CT molecular complexity index is 415. The summed E-state index contributed by atoms with van der Waals surface area (Å²) in [5.74, 6) is 0.158. The largest absolute Gasteiger partial charge is 0.342 e. The summed E-state index contributed by atoms with van der Waals surface area (Å²) in [5.41, 5.74) is 3.39. The van der Waals surface area contributed by atoms with E-state index in [9.17, 15) is 4.79 Å². The van der Waals surface area contributed by atoms with Gasteiger partial charge in [-0.15, -0.1) is 0 Å². The number of nitrogens with zero attached hydrogens (tertiary/aromatic N) is 1. The topological polar surface area (TPSA) is 32.3 Å². The zero-order valence-corrected chi connectivity index (χ0v) is 10.6. The lowest BCUT2D eigenvalue weighted by atomic mass is 9.95. The van der Waals surface area contributed by atoms with Crippen LogP contribution in [0.5, 0.6) is 0 Å². The van der Waals surface area contributed by atoms with Gasteiger partial charge in [0, 0.05) is 25.7 Å². The molecule has 2 rings (SSSR count). The summed E-state index contributed by atoms with van der Waals surface area (Å²) in [4.78, 5) is 14.1. The molecule has 0 radical (unpaired) electrons. The van der Waals surface area contributed by atoms with Crippen LogP contribution in [-0.4, -0.2) is 30.9 Å². The first kappa shape index (κ1) is 12.1. The molecule has 0 spiro atoms. The first-order chi connectivity index (χ1) is 8.24. The number of benzene rings is 1. The molecular weight excluding hydrogens is 212 g/mol. The molecule has 0 atom stereocenters. The fourth-order valence-electron chi connectivity index (χ4n) is 2.37. The number of rotatable bonds is 3. The Balaban J connectivity index is 2.29. The van der Waals surface area contributed by atoms with E-state index >= 15 is 0 Å². The molecule has 3 nitrogen and oxygen atoms in total. The second-order valence-electron chi connectivity index (χ2n) is 4.60. The first-order valence-corrected chi connectivity index (χ1v) is 6.31. The molecule has 3 heteroatoms. The maximum absolute atomic E-state index is 12.3. The van der Waals surface area contributed by atoms with E-state index in [1.165, 1.54) is 11.1 Å². The predicted molar refractivity (Wildman–Crippen MR) is 69.1 cm³/mol. The monoisotopic (exact) mass is 232 g/mol. The minimum Gasteiger partial charge on any atom is -0.342 e. The normalized spacial score (nSPS) is 14.2. The molecule has 1 amide bonds. The fraction of sp³-hybridized carbons (Fsp3) is 0.500. The van der Waals surface area contributed by atoms with E-state index in [0.29, 0.717) is 0 Å². The van der Waals surface area contributed by atoms with Gasteiger partial charge in [-0.05, 0) is 36.6 Å². The van der Waals surface area contributed by atoms with Gasteiger partial charge in [-0.3, -0.25) is 4.79 Å². The SMILES string of the molecule is CCCN(C)C(=O)c1cccc2c1CCNC2. The molecule has 0 aromatic heterocycles. The van der Waals surface area contributed by atoms with Gasteiger partial charge in [0.05, 0.1) is 0 Å². The van der Waals surface area contributed by atoms with Gasteiger partial charge in [0.25, 0.3) is 5.91 Å². The Morgan fingerprint density at radius 1 is 1.47 bits per heavy atom. The van der Waals surface area contributed by atoms with Crippen LogP contribution in [-0.2, 0) is 13.0 Å². The third-order valence-electron chi connectivity index (χ3n) is 3.28. The predicted octanol–water partition coefficient (Wildman–Crippen LogP) is 1.81. The van der Waals surface area contributed by atoms with Crippen LogP contribution in [0.15, 0.2) is 18.2 Å². The van der Waals surface area contributed by atoms with Gasteiger partial charge in [-0.1, -0.05) is 19.1 Å². The highest BCUT2D eigenvalue weighted by molar-refractivity contribution is 5.96. The Labute approximate surface area is 103 Å². The molecule has 0 bridgehead atoms. The van der Waals surface area contributed by atoms with Gasteiger partial charge < -0.3 is 10.2 Å². The second-order valence-corrected chi connectivity index (χ2v) is 4.60. The van der Waals surface area contributed by atoms with Crippen LogP contribution in [0.4, 0.5) is 0 Å². The molecule has 1 aliphatic heterocycles. The van der Waals surface area contributed by atoms with Gasteiger partial charge in [0.2, 0.25) is 0 Å². The summed E-state index contributed by atoms with van der Waals surface area (Å²) in [5, 5.41) is 3.34. The molecule has 0 aliphatic carbocycles. The quantitative estimate of drug-likeness (QED) is 0.862. The Morgan fingerprint density at radius 3 is 3.06 bits per heavy atom. The maximum atomic E-state index is 12.3. The molecule has 92 valence electrons. The summed E-state index contributed by atoms with van der Waals surface area (Å²) >= 11 is 0. The standard InChI is InChI=1S/C14H20N2O/c1-3-9-16(2)14(17)13-6-4-5-11-10-15-8-7-12(11)13/h4-6,15H,3,7-10H2,1-2H3. The minimum absolute atomic E-state index is 0.158. The zero-order chi connectivity index (χ0) is 12.3. The molecule has 1 aromatic carbocycles. The third kappa shape index (κ3) is 2.50. The molecule has 0 fully saturated rings. The van der Waals surface area contributed by atoms with Crippen LogP contribution in [0.2, 0.25) is 0 Å². The third-order valence-corrected chi connectivity index (χ3v) is 3.28. The molecule has 1 aliphatic rings. The second kappa shape index (κ2) is 5.32. The summed E-state index contributed by atoms with van der Waals surface area (Å²) < 4.78 is 0. The van der Waals surface area contributed by atoms with Crippen molar-refractivity contribution in [3.8, 4) is 0 Å². The van der Waals surface area contributed by atoms with E-state index in [-0.39, 0.29) is 5.91 Å². The molecule has 17 heavy (non-hydrogen) atoms. The van der Waals surface area contributed by atoms with E-state index in [1.54, 1.807) is 0 Å². The Hall–Kier alpha value is -1.35. The van der Waals surface area contributed by atoms with Crippen molar-refractivity contribution >= 4 is 5.91 Å². The molecule has 0 saturated carbocycles. The molecule has 0 unspecified atom stereocenters. The van der Waals surface area contributed by atoms with Crippen molar-refractivity contribution in [1.82, 2.24) is 10.2 Å². The van der Waals surface area contributed by atoms with Crippen molar-refractivity contribution in [2.24, 2.45) is 0 Å². The number of carbonyl (C=O) groups excluding carboxylic acids is 1. The average molecular weight is 232 g/mol. The van der Waals surface area contributed by atoms with E-state index in [2.05, 4.69) is 18.3 Å². The first-order valence-electron chi connectivity index (χ1n) is 6.31. The van der Waals surface area contributed by atoms with Crippen LogP contribution >= 0.6 is 0 Å². The summed E-state index contributed by atoms with van der Waals surface area (Å²) in [6.07, 6.45) is 1.95. The van der Waals surface area contributed by atoms with E-state index in [4.69, 9.17) is 0 Å². The van der Waals surface area contributed by atoms with Crippen molar-refractivity contribution in [2.45, 2.75) is 26.3 Å². The van der Waals surface area contributed by atoms with Crippen molar-refractivity contribution in [1.29, 1.82) is 0 Å². The Kier molecular flexibility index (Phi) is 3.79. The van der Waals surface area contributed by atoms with Crippen LogP contribution < -0.4 is 5.32 Å². The molecule has 1 aromatic rings. The van der Waals surface area contributed by atoms with Crippen LogP contribution in [0, 0.1) is 0 Å². The van der Waals surface area contributed by atoms with Gasteiger partial charge in [-0.25, -0.2) is 0 Å². The smallest absolute Gasteiger partial charge is 0.253 e. The van der Waals surface area contributed by atoms with E-state index in [0.717, 1.165) is 38.0 Å². The lowest BCUT2D eigenvalue weighted by molar-refractivity contribution is 0.0793. The molecule has 1 N–H and O–H groups in total. The van der Waals surface area contributed by atoms with Crippen LogP contribution in [0.1, 0.15) is 34.8 Å². The highest BCUT2D eigenvalue weighted by Crippen LogP contribution is 2.19. The average Bonchev–Trinajstić information content (AvgIpc) is 2.37. The van der Waals surface area contributed by atoms with Crippen molar-refractivity contribution in [3.05, 3.63) is 34.9 Å². The zero-order valence-electron chi connectivity index (χ0n) is 10.6. The van der Waals surface area contributed by atoms with Gasteiger partial charge in [0.15, 0.2) is 0 Å². The maximum Gasteiger partial charge on any atom is 0.253 e. The summed E-state index contributed by atoms with van der Waals surface area (Å²) in [7, 11) is 1.88. The fourth-order valence-corrected chi connectivity index (χ4v) is 2.37. The lowest BCUT2D eigenvalue weighted by Crippen LogP contribution is -2.31. The summed E-state index contributed by atoms with van der Waals surface area (Å²) in [6, 6.07) is 6.05. The van der Waals surface area contributed by atoms with Crippen LogP contribution in [0.25, 0.3) is 0 Å². The number of nitrogens with one attached hydrogen (secondary N) is 1. The number of amides is 1. The van der Waals surface area contributed by atoms with Crippen LogP contribution in [0.3, 0.4) is 0 Å². The Morgan fingerprint density at radius 2 is 2.29 bits per heavy atom. The lowest BCUT2D eigenvalue weighted by Gasteiger charge is -2.23. The van der Waals surface area contributed by atoms with Crippen molar-refractivity contribution in [3.63, 3.8) is 0 Å². The minimum atomic E-state index is 0.158. The molecular formula is C14H20N2O.